The van der Waals surface area contributed by atoms with E-state index in [1.54, 1.807) is 11.8 Å². The lowest BCUT2D eigenvalue weighted by Gasteiger charge is -2.05. The smallest absolute Gasteiger partial charge is 0.0406 e. The molecule has 0 heterocycles. The van der Waals surface area contributed by atoms with E-state index in [9.17, 15) is 0 Å². The van der Waals surface area contributed by atoms with Crippen LogP contribution in [0.1, 0.15) is 5.56 Å². The molecule has 2 aromatic rings. The molecule has 0 aliphatic heterocycles. The lowest BCUT2D eigenvalue weighted by molar-refractivity contribution is 1.39. The summed E-state index contributed by atoms with van der Waals surface area (Å²) in [5, 5.41) is 0.765. The molecule has 0 radical (unpaired) electrons. The van der Waals surface area contributed by atoms with E-state index in [-0.39, 0.29) is 0 Å². The van der Waals surface area contributed by atoms with Gasteiger partial charge in [-0.05, 0) is 35.9 Å². The number of rotatable bonds is 3. The van der Waals surface area contributed by atoms with E-state index in [0.717, 1.165) is 10.6 Å². The Hall–Kier alpha value is -1.18. The summed E-state index contributed by atoms with van der Waals surface area (Å²) in [5.74, 6) is 0. The van der Waals surface area contributed by atoms with Crippen molar-refractivity contribution in [2.75, 3.05) is 0 Å². The van der Waals surface area contributed by atoms with Gasteiger partial charge in [-0.1, -0.05) is 54.2 Å². The first kappa shape index (κ1) is 11.3. The van der Waals surface area contributed by atoms with Gasteiger partial charge < -0.3 is 0 Å². The van der Waals surface area contributed by atoms with Crippen molar-refractivity contribution < 1.29 is 0 Å². The van der Waals surface area contributed by atoms with E-state index in [1.165, 1.54) is 9.79 Å². The van der Waals surface area contributed by atoms with E-state index >= 15 is 0 Å². The topological polar surface area (TPSA) is 0 Å². The summed E-state index contributed by atoms with van der Waals surface area (Å²) in [6.45, 7) is 3.81. The minimum absolute atomic E-state index is 0.765. The van der Waals surface area contributed by atoms with Crippen molar-refractivity contribution in [3.63, 3.8) is 0 Å². The number of hydrogen-bond acceptors (Lipinski definition) is 1. The zero-order chi connectivity index (χ0) is 11.4. The van der Waals surface area contributed by atoms with Crippen molar-refractivity contribution in [3.05, 3.63) is 65.7 Å². The molecule has 0 spiro atoms. The molecule has 0 saturated carbocycles. The summed E-state index contributed by atoms with van der Waals surface area (Å²) in [5.41, 5.74) is 1.16. The zero-order valence-electron chi connectivity index (χ0n) is 8.69. The van der Waals surface area contributed by atoms with Crippen molar-refractivity contribution in [2.45, 2.75) is 9.79 Å². The van der Waals surface area contributed by atoms with E-state index in [1.807, 2.05) is 42.5 Å². The normalized spacial score (nSPS) is 10.1. The van der Waals surface area contributed by atoms with Crippen LogP contribution in [0.5, 0.6) is 0 Å². The molecule has 0 fully saturated rings. The average molecular weight is 247 g/mol. The van der Waals surface area contributed by atoms with Gasteiger partial charge >= 0.3 is 0 Å². The molecule has 2 rings (SSSR count). The first-order valence-corrected chi connectivity index (χ1v) is 6.14. The maximum Gasteiger partial charge on any atom is 0.0406 e. The Labute approximate surface area is 105 Å². The third-order valence-corrected chi connectivity index (χ3v) is 3.53. The van der Waals surface area contributed by atoms with Crippen LogP contribution in [0.3, 0.4) is 0 Å². The summed E-state index contributed by atoms with van der Waals surface area (Å²) < 4.78 is 0. The van der Waals surface area contributed by atoms with E-state index in [2.05, 4.69) is 18.7 Å². The molecule has 0 unspecified atom stereocenters. The average Bonchev–Trinajstić information content (AvgIpc) is 2.33. The summed E-state index contributed by atoms with van der Waals surface area (Å²) >= 11 is 7.57. The Morgan fingerprint density at radius 2 is 1.69 bits per heavy atom. The molecule has 16 heavy (non-hydrogen) atoms. The molecule has 0 nitrogen and oxygen atoms in total. The molecule has 0 amide bonds. The highest BCUT2D eigenvalue weighted by atomic mass is 35.5. The Morgan fingerprint density at radius 1 is 1.00 bits per heavy atom. The van der Waals surface area contributed by atoms with Crippen LogP contribution in [0.2, 0.25) is 5.02 Å². The lowest BCUT2D eigenvalue weighted by Crippen LogP contribution is -1.78. The predicted octanol–water partition coefficient (Wildman–Crippen LogP) is 5.13. The molecule has 0 aliphatic carbocycles. The predicted molar refractivity (Wildman–Crippen MR) is 72.1 cm³/mol. The standard InChI is InChI=1S/C14H11ClS/c1-2-11-5-3-4-6-14(11)16-13-9-7-12(15)8-10-13/h2-10H,1H2. The second-order valence-electron chi connectivity index (χ2n) is 3.30. The summed E-state index contributed by atoms with van der Waals surface area (Å²) in [6, 6.07) is 16.1. The van der Waals surface area contributed by atoms with Gasteiger partial charge in [-0.3, -0.25) is 0 Å². The Bertz CT molecular complexity index is 488. The van der Waals surface area contributed by atoms with Crippen molar-refractivity contribution >= 4 is 29.4 Å². The Kier molecular flexibility index (Phi) is 3.70. The van der Waals surface area contributed by atoms with Crippen molar-refractivity contribution in [2.24, 2.45) is 0 Å². The molecular weight excluding hydrogens is 236 g/mol. The summed E-state index contributed by atoms with van der Waals surface area (Å²) in [7, 11) is 0. The maximum atomic E-state index is 5.85. The van der Waals surface area contributed by atoms with Crippen LogP contribution in [-0.4, -0.2) is 0 Å². The van der Waals surface area contributed by atoms with Gasteiger partial charge in [0.2, 0.25) is 0 Å². The van der Waals surface area contributed by atoms with Gasteiger partial charge in [0.25, 0.3) is 0 Å². The van der Waals surface area contributed by atoms with Gasteiger partial charge in [0, 0.05) is 14.8 Å². The Morgan fingerprint density at radius 3 is 2.38 bits per heavy atom. The lowest BCUT2D eigenvalue weighted by atomic mass is 10.2. The monoisotopic (exact) mass is 246 g/mol. The molecule has 0 N–H and O–H groups in total. The summed E-state index contributed by atoms with van der Waals surface area (Å²) in [6.07, 6.45) is 1.87. The first-order chi connectivity index (χ1) is 7.79. The van der Waals surface area contributed by atoms with Crippen molar-refractivity contribution in [3.8, 4) is 0 Å². The second-order valence-corrected chi connectivity index (χ2v) is 4.85. The fourth-order valence-electron chi connectivity index (χ4n) is 1.37. The molecule has 0 saturated heterocycles. The van der Waals surface area contributed by atoms with E-state index < -0.39 is 0 Å². The van der Waals surface area contributed by atoms with Gasteiger partial charge in [-0.2, -0.15) is 0 Å². The van der Waals surface area contributed by atoms with Crippen molar-refractivity contribution in [1.29, 1.82) is 0 Å². The van der Waals surface area contributed by atoms with E-state index in [4.69, 9.17) is 11.6 Å². The van der Waals surface area contributed by atoms with Gasteiger partial charge in [0.05, 0.1) is 0 Å². The SMILES string of the molecule is C=Cc1ccccc1Sc1ccc(Cl)cc1. The van der Waals surface area contributed by atoms with E-state index in [0.29, 0.717) is 0 Å². The molecule has 0 bridgehead atoms. The third kappa shape index (κ3) is 2.69. The highest BCUT2D eigenvalue weighted by molar-refractivity contribution is 7.99. The molecule has 0 atom stereocenters. The maximum absolute atomic E-state index is 5.85. The molecular formula is C14H11ClS. The minimum atomic E-state index is 0.765. The summed E-state index contributed by atoms with van der Waals surface area (Å²) in [4.78, 5) is 2.39. The highest BCUT2D eigenvalue weighted by Gasteiger charge is 2.00. The largest absolute Gasteiger partial charge is 0.0984 e. The number of benzene rings is 2. The van der Waals surface area contributed by atoms with Crippen LogP contribution in [0, 0.1) is 0 Å². The quantitative estimate of drug-likeness (QED) is 0.723. The van der Waals surface area contributed by atoms with Crippen molar-refractivity contribution in [1.82, 2.24) is 0 Å². The molecule has 0 aliphatic rings. The molecule has 80 valence electrons. The van der Waals surface area contributed by atoms with Crippen LogP contribution >= 0.6 is 23.4 Å². The molecule has 0 aromatic heterocycles. The van der Waals surface area contributed by atoms with Crippen LogP contribution < -0.4 is 0 Å². The van der Waals surface area contributed by atoms with Crippen LogP contribution in [0.25, 0.3) is 6.08 Å². The Balaban J connectivity index is 2.26. The first-order valence-electron chi connectivity index (χ1n) is 4.94. The van der Waals surface area contributed by atoms with Gasteiger partial charge in [-0.25, -0.2) is 0 Å². The fraction of sp³-hybridized carbons (Fsp3) is 0. The van der Waals surface area contributed by atoms with Crippen LogP contribution in [0.15, 0.2) is 64.9 Å². The molecule has 2 aromatic carbocycles. The minimum Gasteiger partial charge on any atom is -0.0984 e. The van der Waals surface area contributed by atoms with Gasteiger partial charge in [-0.15, -0.1) is 0 Å². The van der Waals surface area contributed by atoms with Crippen LogP contribution in [0.4, 0.5) is 0 Å². The second kappa shape index (κ2) is 5.24. The number of halogens is 1. The number of hydrogen-bond donors (Lipinski definition) is 0. The fourth-order valence-corrected chi connectivity index (χ4v) is 2.44. The van der Waals surface area contributed by atoms with Gasteiger partial charge in [0.1, 0.15) is 0 Å². The molecule has 2 heteroatoms. The highest BCUT2D eigenvalue weighted by Crippen LogP contribution is 2.31. The third-order valence-electron chi connectivity index (χ3n) is 2.18. The zero-order valence-corrected chi connectivity index (χ0v) is 10.3. The van der Waals surface area contributed by atoms with Gasteiger partial charge in [0.15, 0.2) is 0 Å². The van der Waals surface area contributed by atoms with Crippen LogP contribution in [-0.2, 0) is 0 Å².